The molecule has 164 valence electrons. The van der Waals surface area contributed by atoms with E-state index in [1.54, 1.807) is 15.9 Å². The molecule has 0 spiro atoms. The van der Waals surface area contributed by atoms with Crippen molar-refractivity contribution in [3.8, 4) is 0 Å². The zero-order valence-corrected chi connectivity index (χ0v) is 17.1. The van der Waals surface area contributed by atoms with Crippen molar-refractivity contribution < 1.29 is 23.5 Å². The molecule has 4 rings (SSSR count). The van der Waals surface area contributed by atoms with Gasteiger partial charge >= 0.3 is 0 Å². The molecule has 6 nitrogen and oxygen atoms in total. The van der Waals surface area contributed by atoms with Crippen LogP contribution in [0.1, 0.15) is 41.6 Å². The lowest BCUT2D eigenvalue weighted by atomic mass is 9.84. The van der Waals surface area contributed by atoms with E-state index >= 15 is 0 Å². The van der Waals surface area contributed by atoms with Gasteiger partial charge in [0.1, 0.15) is 5.82 Å². The summed E-state index contributed by atoms with van der Waals surface area (Å²) in [5.74, 6) is -1.39. The van der Waals surface area contributed by atoms with Gasteiger partial charge in [-0.3, -0.25) is 9.59 Å². The lowest BCUT2D eigenvalue weighted by molar-refractivity contribution is -0.141. The van der Waals surface area contributed by atoms with Crippen LogP contribution in [0.5, 0.6) is 0 Å². The van der Waals surface area contributed by atoms with Crippen LogP contribution >= 0.6 is 0 Å². The van der Waals surface area contributed by atoms with Gasteiger partial charge in [-0.1, -0.05) is 6.07 Å². The van der Waals surface area contributed by atoms with Crippen LogP contribution in [-0.4, -0.2) is 57.9 Å². The number of rotatable bonds is 3. The van der Waals surface area contributed by atoms with Crippen LogP contribution in [0, 0.1) is 17.7 Å². The van der Waals surface area contributed by atoms with Crippen molar-refractivity contribution in [3.63, 3.8) is 0 Å². The maximum absolute atomic E-state index is 14.0. The number of carbonyl (C=O) groups is 2. The third-order valence-electron chi connectivity index (χ3n) is 6.39. The highest BCUT2D eigenvalue weighted by Crippen LogP contribution is 2.34. The second kappa shape index (κ2) is 8.70. The minimum atomic E-state index is -1.32. The summed E-state index contributed by atoms with van der Waals surface area (Å²) < 4.78 is 27.1. The van der Waals surface area contributed by atoms with E-state index in [1.165, 1.54) is 36.5 Å². The van der Waals surface area contributed by atoms with Gasteiger partial charge in [0.25, 0.3) is 5.91 Å². The third kappa shape index (κ3) is 4.44. The first-order chi connectivity index (χ1) is 14.9. The molecule has 1 aromatic carbocycles. The average Bonchev–Trinajstić information content (AvgIpc) is 2.79. The minimum Gasteiger partial charge on any atom is -0.385 e. The Morgan fingerprint density at radius 3 is 2.23 bits per heavy atom. The van der Waals surface area contributed by atoms with Crippen LogP contribution in [0.3, 0.4) is 0 Å². The minimum absolute atomic E-state index is 0.0163. The van der Waals surface area contributed by atoms with Gasteiger partial charge in [-0.05, 0) is 56.0 Å². The van der Waals surface area contributed by atoms with Crippen LogP contribution in [-0.2, 0) is 10.4 Å². The molecule has 31 heavy (non-hydrogen) atoms. The second-order valence-electron chi connectivity index (χ2n) is 8.27. The standard InChI is InChI=1S/C23H25F2N3O3/c24-18-5-3-16(4-6-18)21(29)27-12-7-17(8-13-27)22(30)28-14-9-23(31,10-15-28)19-2-1-11-26-20(19)25/h1-6,11,17,31H,7-10,12-15H2. The molecule has 0 radical (unpaired) electrons. The number of benzene rings is 1. The molecule has 2 amide bonds. The number of aliphatic hydroxyl groups is 1. The van der Waals surface area contributed by atoms with Crippen molar-refractivity contribution in [1.82, 2.24) is 14.8 Å². The van der Waals surface area contributed by atoms with E-state index in [1.807, 2.05) is 0 Å². The number of aromatic nitrogens is 1. The molecule has 2 aliphatic rings. The molecule has 0 bridgehead atoms. The summed E-state index contributed by atoms with van der Waals surface area (Å²) in [7, 11) is 0. The highest BCUT2D eigenvalue weighted by molar-refractivity contribution is 5.94. The van der Waals surface area contributed by atoms with Gasteiger partial charge in [0, 0.05) is 49.4 Å². The Hall–Kier alpha value is -2.87. The number of pyridine rings is 1. The lowest BCUT2D eigenvalue weighted by Crippen LogP contribution is -2.49. The Labute approximate surface area is 179 Å². The van der Waals surface area contributed by atoms with Crippen LogP contribution in [0.25, 0.3) is 0 Å². The number of nitrogens with zero attached hydrogens (tertiary/aromatic N) is 3. The Morgan fingerprint density at radius 1 is 0.968 bits per heavy atom. The van der Waals surface area contributed by atoms with Crippen LogP contribution in [0.15, 0.2) is 42.6 Å². The highest BCUT2D eigenvalue weighted by Gasteiger charge is 2.39. The van der Waals surface area contributed by atoms with Gasteiger partial charge in [0.15, 0.2) is 0 Å². The fraction of sp³-hybridized carbons (Fsp3) is 0.435. The summed E-state index contributed by atoms with van der Waals surface area (Å²) in [5, 5.41) is 10.9. The van der Waals surface area contributed by atoms with Gasteiger partial charge in [0.05, 0.1) is 5.60 Å². The SMILES string of the molecule is O=C(c1ccc(F)cc1)N1CCC(C(=O)N2CCC(O)(c3cccnc3F)CC2)CC1. The predicted octanol–water partition coefficient (Wildman–Crippen LogP) is 2.72. The van der Waals surface area contributed by atoms with E-state index in [0.717, 1.165) is 0 Å². The van der Waals surface area contributed by atoms with Crippen LogP contribution in [0.4, 0.5) is 8.78 Å². The van der Waals surface area contributed by atoms with Gasteiger partial charge in [0.2, 0.25) is 11.9 Å². The molecule has 3 heterocycles. The molecule has 8 heteroatoms. The highest BCUT2D eigenvalue weighted by atomic mass is 19.1. The first-order valence-corrected chi connectivity index (χ1v) is 10.5. The lowest BCUT2D eigenvalue weighted by Gasteiger charge is -2.40. The van der Waals surface area contributed by atoms with E-state index < -0.39 is 11.5 Å². The van der Waals surface area contributed by atoms with Crippen LogP contribution < -0.4 is 0 Å². The van der Waals surface area contributed by atoms with Gasteiger partial charge in [-0.25, -0.2) is 9.37 Å². The normalized spacial score (nSPS) is 19.3. The molecule has 1 N–H and O–H groups in total. The fourth-order valence-corrected chi connectivity index (χ4v) is 4.46. The molecule has 2 saturated heterocycles. The Kier molecular flexibility index (Phi) is 6.00. The van der Waals surface area contributed by atoms with Crippen molar-refractivity contribution >= 4 is 11.8 Å². The molecule has 0 atom stereocenters. The number of hydrogen-bond acceptors (Lipinski definition) is 4. The summed E-state index contributed by atoms with van der Waals surface area (Å²) in [6, 6.07) is 8.59. The first kappa shape index (κ1) is 21.4. The number of likely N-dealkylation sites (tertiary alicyclic amines) is 2. The summed E-state index contributed by atoms with van der Waals surface area (Å²) in [6.45, 7) is 1.62. The molecule has 0 aliphatic carbocycles. The Morgan fingerprint density at radius 2 is 1.61 bits per heavy atom. The number of piperidine rings is 2. The topological polar surface area (TPSA) is 73.7 Å². The average molecular weight is 429 g/mol. The molecule has 2 aromatic rings. The number of halogens is 2. The van der Waals surface area contributed by atoms with E-state index in [-0.39, 0.29) is 42.0 Å². The Balaban J connectivity index is 1.31. The smallest absolute Gasteiger partial charge is 0.253 e. The van der Waals surface area contributed by atoms with Crippen molar-refractivity contribution in [2.75, 3.05) is 26.2 Å². The fourth-order valence-electron chi connectivity index (χ4n) is 4.46. The van der Waals surface area contributed by atoms with Gasteiger partial charge in [-0.15, -0.1) is 0 Å². The van der Waals surface area contributed by atoms with E-state index in [9.17, 15) is 23.5 Å². The van der Waals surface area contributed by atoms with E-state index in [0.29, 0.717) is 44.6 Å². The molecular weight excluding hydrogens is 404 g/mol. The molecule has 0 unspecified atom stereocenters. The maximum atomic E-state index is 14.0. The molecule has 2 fully saturated rings. The number of hydrogen-bond donors (Lipinski definition) is 1. The Bertz CT molecular complexity index is 951. The maximum Gasteiger partial charge on any atom is 0.253 e. The summed E-state index contributed by atoms with van der Waals surface area (Å²) in [5.41, 5.74) is -0.709. The molecule has 2 aliphatic heterocycles. The van der Waals surface area contributed by atoms with Gasteiger partial charge < -0.3 is 14.9 Å². The molecule has 1 aromatic heterocycles. The molecule has 0 saturated carbocycles. The zero-order valence-electron chi connectivity index (χ0n) is 17.1. The van der Waals surface area contributed by atoms with Crippen molar-refractivity contribution in [3.05, 3.63) is 65.5 Å². The third-order valence-corrected chi connectivity index (χ3v) is 6.39. The quantitative estimate of drug-likeness (QED) is 0.762. The van der Waals surface area contributed by atoms with Crippen molar-refractivity contribution in [2.24, 2.45) is 5.92 Å². The van der Waals surface area contributed by atoms with Crippen molar-refractivity contribution in [1.29, 1.82) is 0 Å². The second-order valence-corrected chi connectivity index (χ2v) is 8.27. The molecular formula is C23H25F2N3O3. The monoisotopic (exact) mass is 429 g/mol. The zero-order chi connectivity index (χ0) is 22.0. The van der Waals surface area contributed by atoms with Crippen molar-refractivity contribution in [2.45, 2.75) is 31.3 Å². The van der Waals surface area contributed by atoms with E-state index in [4.69, 9.17) is 0 Å². The summed E-state index contributed by atoms with van der Waals surface area (Å²) >= 11 is 0. The van der Waals surface area contributed by atoms with Gasteiger partial charge in [-0.2, -0.15) is 4.39 Å². The summed E-state index contributed by atoms with van der Waals surface area (Å²) in [4.78, 5) is 32.6. The largest absolute Gasteiger partial charge is 0.385 e. The number of carbonyl (C=O) groups excluding carboxylic acids is 2. The predicted molar refractivity (Wildman–Crippen MR) is 109 cm³/mol. The number of amides is 2. The van der Waals surface area contributed by atoms with E-state index in [2.05, 4.69) is 4.98 Å². The van der Waals surface area contributed by atoms with Crippen LogP contribution in [0.2, 0.25) is 0 Å². The first-order valence-electron chi connectivity index (χ1n) is 10.5. The summed E-state index contributed by atoms with van der Waals surface area (Å²) in [6.07, 6.45) is 2.97.